The van der Waals surface area contributed by atoms with Crippen molar-refractivity contribution in [3.63, 3.8) is 0 Å². The summed E-state index contributed by atoms with van der Waals surface area (Å²) in [6.45, 7) is 3.86. The first-order chi connectivity index (χ1) is 11.8. The second-order valence-electron chi connectivity index (χ2n) is 6.68. The fraction of sp³-hybridized carbons (Fsp3) is 0.556. The molecule has 128 valence electrons. The van der Waals surface area contributed by atoms with Crippen LogP contribution in [0.1, 0.15) is 36.8 Å². The molecule has 2 saturated heterocycles. The summed E-state index contributed by atoms with van der Waals surface area (Å²) in [4.78, 5) is 11.4. The van der Waals surface area contributed by atoms with Crippen LogP contribution in [0, 0.1) is 0 Å². The molecular formula is C18H25N5O. The van der Waals surface area contributed by atoms with E-state index < -0.39 is 0 Å². The average molecular weight is 327 g/mol. The van der Waals surface area contributed by atoms with Crippen LogP contribution in [0.25, 0.3) is 0 Å². The molecule has 0 radical (unpaired) electrons. The maximum atomic E-state index is 5.90. The number of ether oxygens (including phenoxy) is 1. The van der Waals surface area contributed by atoms with Gasteiger partial charge in [-0.3, -0.25) is 0 Å². The first kappa shape index (κ1) is 15.6. The Morgan fingerprint density at radius 2 is 2.12 bits per heavy atom. The van der Waals surface area contributed by atoms with E-state index >= 15 is 0 Å². The molecule has 2 aliphatic heterocycles. The van der Waals surface area contributed by atoms with Crippen molar-refractivity contribution in [2.45, 2.75) is 38.0 Å². The summed E-state index contributed by atoms with van der Waals surface area (Å²) >= 11 is 0. The molecule has 0 amide bonds. The van der Waals surface area contributed by atoms with E-state index in [4.69, 9.17) is 4.74 Å². The minimum absolute atomic E-state index is 0.0295. The lowest BCUT2D eigenvalue weighted by Gasteiger charge is -2.20. The molecule has 2 fully saturated rings. The van der Waals surface area contributed by atoms with E-state index in [9.17, 15) is 0 Å². The van der Waals surface area contributed by atoms with E-state index in [-0.39, 0.29) is 6.10 Å². The van der Waals surface area contributed by atoms with Crippen LogP contribution in [-0.2, 0) is 18.3 Å². The van der Waals surface area contributed by atoms with Crippen molar-refractivity contribution >= 4 is 5.82 Å². The van der Waals surface area contributed by atoms with E-state index in [1.807, 2.05) is 30.2 Å². The molecule has 24 heavy (non-hydrogen) atoms. The van der Waals surface area contributed by atoms with Gasteiger partial charge in [-0.2, -0.15) is 0 Å². The first-order valence-corrected chi connectivity index (χ1v) is 8.83. The zero-order valence-electron chi connectivity index (χ0n) is 14.2. The van der Waals surface area contributed by atoms with E-state index in [1.165, 1.54) is 18.4 Å². The minimum Gasteiger partial charge on any atom is -0.369 e. The lowest BCUT2D eigenvalue weighted by molar-refractivity contribution is 0.0893. The molecule has 1 N–H and O–H groups in total. The van der Waals surface area contributed by atoms with Gasteiger partial charge in [0.1, 0.15) is 17.7 Å². The number of nitrogens with one attached hydrogen (secondary N) is 1. The highest BCUT2D eigenvalue weighted by Crippen LogP contribution is 2.28. The monoisotopic (exact) mass is 327 g/mol. The summed E-state index contributed by atoms with van der Waals surface area (Å²) in [6, 6.07) is 4.62. The number of anilines is 1. The summed E-state index contributed by atoms with van der Waals surface area (Å²) in [5.41, 5.74) is 1.21. The number of aromatic nitrogens is 3. The second-order valence-corrected chi connectivity index (χ2v) is 6.68. The molecule has 0 saturated carbocycles. The Morgan fingerprint density at radius 1 is 1.25 bits per heavy atom. The molecule has 6 heteroatoms. The van der Waals surface area contributed by atoms with Crippen LogP contribution in [0.2, 0.25) is 0 Å². The van der Waals surface area contributed by atoms with Crippen LogP contribution in [-0.4, -0.2) is 40.3 Å². The van der Waals surface area contributed by atoms with Gasteiger partial charge in [0.05, 0.1) is 0 Å². The van der Waals surface area contributed by atoms with E-state index in [2.05, 4.69) is 32.3 Å². The summed E-state index contributed by atoms with van der Waals surface area (Å²) in [5, 5.41) is 3.62. The van der Waals surface area contributed by atoms with Gasteiger partial charge in [-0.25, -0.2) is 9.97 Å². The summed E-state index contributed by atoms with van der Waals surface area (Å²) in [5.74, 6) is 2.10. The van der Waals surface area contributed by atoms with Crippen molar-refractivity contribution in [1.82, 2.24) is 19.9 Å². The highest BCUT2D eigenvalue weighted by atomic mass is 16.5. The van der Waals surface area contributed by atoms with Crippen LogP contribution in [0.5, 0.6) is 0 Å². The van der Waals surface area contributed by atoms with Gasteiger partial charge in [0.2, 0.25) is 0 Å². The van der Waals surface area contributed by atoms with Gasteiger partial charge in [0.15, 0.2) is 0 Å². The molecule has 2 aliphatic rings. The van der Waals surface area contributed by atoms with E-state index in [0.29, 0.717) is 6.04 Å². The predicted molar refractivity (Wildman–Crippen MR) is 92.8 cm³/mol. The molecule has 0 unspecified atom stereocenters. The summed E-state index contributed by atoms with van der Waals surface area (Å²) in [6.07, 6.45) is 9.39. The molecule has 0 aliphatic carbocycles. The molecule has 4 rings (SSSR count). The number of pyridine rings is 1. The fourth-order valence-corrected chi connectivity index (χ4v) is 3.61. The third-order valence-electron chi connectivity index (χ3n) is 5.01. The van der Waals surface area contributed by atoms with Gasteiger partial charge in [-0.05, 0) is 30.9 Å². The quantitative estimate of drug-likeness (QED) is 0.911. The number of nitrogens with zero attached hydrogens (tertiary/aromatic N) is 4. The van der Waals surface area contributed by atoms with Crippen molar-refractivity contribution in [3.8, 4) is 0 Å². The minimum atomic E-state index is 0.0295. The largest absolute Gasteiger partial charge is 0.369 e. The van der Waals surface area contributed by atoms with Crippen molar-refractivity contribution in [2.24, 2.45) is 7.05 Å². The Hall–Kier alpha value is -1.92. The van der Waals surface area contributed by atoms with Gasteiger partial charge in [0, 0.05) is 57.9 Å². The normalized spacial score (nSPS) is 24.0. The molecule has 0 spiro atoms. The lowest BCUT2D eigenvalue weighted by atomic mass is 10.1. The van der Waals surface area contributed by atoms with Crippen molar-refractivity contribution < 1.29 is 4.74 Å². The van der Waals surface area contributed by atoms with Crippen molar-refractivity contribution in [3.05, 3.63) is 42.1 Å². The van der Waals surface area contributed by atoms with E-state index in [1.54, 1.807) is 0 Å². The lowest BCUT2D eigenvalue weighted by Crippen LogP contribution is -2.32. The van der Waals surface area contributed by atoms with Gasteiger partial charge in [-0.1, -0.05) is 6.07 Å². The fourth-order valence-electron chi connectivity index (χ4n) is 3.61. The Labute approximate surface area is 142 Å². The average Bonchev–Trinajstić information content (AvgIpc) is 3.35. The highest BCUT2D eigenvalue weighted by molar-refractivity contribution is 5.40. The SMILES string of the molecule is Cn1ccnc1[C@H]1OCC[C@@H]1NCc1ccc(N2CCCC2)nc1. The number of aryl methyl sites for hydroxylation is 1. The number of hydrogen-bond acceptors (Lipinski definition) is 5. The van der Waals surface area contributed by atoms with E-state index in [0.717, 1.165) is 44.3 Å². The molecule has 0 bridgehead atoms. The predicted octanol–water partition coefficient (Wildman–Crippen LogP) is 2.04. The molecule has 4 heterocycles. The van der Waals surface area contributed by atoms with Crippen LogP contribution in [0.3, 0.4) is 0 Å². The molecule has 0 aromatic carbocycles. The maximum absolute atomic E-state index is 5.90. The molecule has 6 nitrogen and oxygen atoms in total. The molecule has 2 aromatic heterocycles. The second kappa shape index (κ2) is 6.91. The molecule has 2 atom stereocenters. The zero-order valence-corrected chi connectivity index (χ0v) is 14.2. The van der Waals surface area contributed by atoms with Crippen LogP contribution >= 0.6 is 0 Å². The topological polar surface area (TPSA) is 55.2 Å². The summed E-state index contributed by atoms with van der Waals surface area (Å²) < 4.78 is 7.94. The molecule has 2 aromatic rings. The Kier molecular flexibility index (Phi) is 4.49. The Bertz CT molecular complexity index is 662. The Morgan fingerprint density at radius 3 is 2.83 bits per heavy atom. The van der Waals surface area contributed by atoms with Crippen LogP contribution in [0.4, 0.5) is 5.82 Å². The van der Waals surface area contributed by atoms with Crippen molar-refractivity contribution in [1.29, 1.82) is 0 Å². The zero-order chi connectivity index (χ0) is 16.4. The Balaban J connectivity index is 1.36. The highest BCUT2D eigenvalue weighted by Gasteiger charge is 2.31. The van der Waals surface area contributed by atoms with Crippen molar-refractivity contribution in [2.75, 3.05) is 24.6 Å². The van der Waals surface area contributed by atoms with Crippen LogP contribution < -0.4 is 10.2 Å². The van der Waals surface area contributed by atoms with Gasteiger partial charge >= 0.3 is 0 Å². The maximum Gasteiger partial charge on any atom is 0.139 e. The number of rotatable bonds is 5. The van der Waals surface area contributed by atoms with Gasteiger partial charge in [-0.15, -0.1) is 0 Å². The van der Waals surface area contributed by atoms with Gasteiger partial charge in [0.25, 0.3) is 0 Å². The summed E-state index contributed by atoms with van der Waals surface area (Å²) in [7, 11) is 2.02. The number of imidazole rings is 1. The smallest absolute Gasteiger partial charge is 0.139 e. The molecular weight excluding hydrogens is 302 g/mol. The van der Waals surface area contributed by atoms with Gasteiger partial charge < -0.3 is 19.5 Å². The third kappa shape index (κ3) is 3.16. The van der Waals surface area contributed by atoms with Crippen LogP contribution in [0.15, 0.2) is 30.7 Å². The number of hydrogen-bond donors (Lipinski definition) is 1. The third-order valence-corrected chi connectivity index (χ3v) is 5.01. The standard InChI is InChI=1S/C18H25N5O/c1-22-10-7-19-18(22)17-15(6-11-24-17)20-12-14-4-5-16(21-13-14)23-8-2-3-9-23/h4-5,7,10,13,15,17,20H,2-3,6,8-9,11-12H2,1H3/t15-,17-/m0/s1. The first-order valence-electron chi connectivity index (χ1n) is 8.83.